The molecule has 0 aromatic heterocycles. The molecule has 0 unspecified atom stereocenters. The van der Waals surface area contributed by atoms with Crippen LogP contribution in [0, 0.1) is 34.5 Å². The number of carbonyl (C=O) groups is 1. The summed E-state index contributed by atoms with van der Waals surface area (Å²) in [6.45, 7) is 3.75. The molecule has 0 amide bonds. The van der Waals surface area contributed by atoms with E-state index in [0.29, 0.717) is 37.0 Å². The number of hydrogen-bond donors (Lipinski definition) is 3. The molecule has 3 N–H and O–H groups in total. The fourth-order valence-electron chi connectivity index (χ4n) is 8.08. The minimum atomic E-state index is -4.43. The number of ketones is 1. The van der Waals surface area contributed by atoms with E-state index >= 15 is 0 Å². The lowest BCUT2D eigenvalue weighted by molar-refractivity contribution is -0.173. The number of carbonyl (C=O) groups excluding carboxylic acids is 1. The SMILES string of the molecule is C[C@]12CC[C@@H](OS(=O)(=O)O)C[C@H]1CC[C@@H]1[C@@H]2CC[C@@]2(C)[C@H]1CC[C@]2(O)C(=O)CO. The highest BCUT2D eigenvalue weighted by Gasteiger charge is 2.66. The highest BCUT2D eigenvalue weighted by molar-refractivity contribution is 7.80. The fourth-order valence-corrected chi connectivity index (χ4v) is 8.60. The maximum absolute atomic E-state index is 12.4. The van der Waals surface area contributed by atoms with Gasteiger partial charge in [0.15, 0.2) is 5.78 Å². The summed E-state index contributed by atoms with van der Waals surface area (Å²) in [6, 6.07) is 0. The standard InChI is InChI=1S/C21H34O7S/c1-19-8-5-14(28-29(25,26)27)11-13(19)3-4-15-16(19)6-9-20(2)17(15)7-10-21(20,24)18(23)12-22/h13-17,22,24H,3-12H2,1-2H3,(H,25,26,27)/t13-,14-,15-,16+,17+,19+,20+,21+/m1/s1. The molecule has 8 atom stereocenters. The third-order valence-electron chi connectivity index (χ3n) is 9.63. The number of hydrogen-bond acceptors (Lipinski definition) is 6. The van der Waals surface area contributed by atoms with Gasteiger partial charge in [-0.25, -0.2) is 4.18 Å². The van der Waals surface area contributed by atoms with Gasteiger partial charge in [0, 0.05) is 5.41 Å². The zero-order valence-electron chi connectivity index (χ0n) is 17.3. The molecular weight excluding hydrogens is 396 g/mol. The molecule has 166 valence electrons. The monoisotopic (exact) mass is 430 g/mol. The molecule has 0 aliphatic heterocycles. The molecule has 0 spiro atoms. The Balaban J connectivity index is 1.55. The summed E-state index contributed by atoms with van der Waals surface area (Å²) in [4.78, 5) is 12.4. The molecule has 0 aromatic rings. The van der Waals surface area contributed by atoms with E-state index in [-0.39, 0.29) is 11.3 Å². The first kappa shape index (κ1) is 21.7. The van der Waals surface area contributed by atoms with Crippen LogP contribution >= 0.6 is 0 Å². The molecule has 4 fully saturated rings. The van der Waals surface area contributed by atoms with Crippen LogP contribution in [0.25, 0.3) is 0 Å². The summed E-state index contributed by atoms with van der Waals surface area (Å²) in [5.74, 6) is 1.11. The van der Waals surface area contributed by atoms with E-state index in [4.69, 9.17) is 8.74 Å². The van der Waals surface area contributed by atoms with Gasteiger partial charge >= 0.3 is 10.4 Å². The van der Waals surface area contributed by atoms with Gasteiger partial charge in [-0.15, -0.1) is 0 Å². The van der Waals surface area contributed by atoms with Gasteiger partial charge in [-0.2, -0.15) is 8.42 Å². The van der Waals surface area contributed by atoms with Gasteiger partial charge in [0.25, 0.3) is 0 Å². The largest absolute Gasteiger partial charge is 0.397 e. The summed E-state index contributed by atoms with van der Waals surface area (Å²) in [7, 11) is -4.43. The average Bonchev–Trinajstić information content (AvgIpc) is 2.92. The molecule has 0 radical (unpaired) electrons. The Morgan fingerprint density at radius 2 is 1.72 bits per heavy atom. The summed E-state index contributed by atoms with van der Waals surface area (Å²) in [5.41, 5.74) is -1.82. The lowest BCUT2D eigenvalue weighted by Gasteiger charge is -2.61. The molecule has 4 aliphatic rings. The number of aliphatic hydroxyl groups excluding tert-OH is 1. The Hall–Kier alpha value is -0.540. The molecule has 29 heavy (non-hydrogen) atoms. The minimum Gasteiger partial charge on any atom is -0.388 e. The predicted octanol–water partition coefficient (Wildman–Crippen LogP) is 2.51. The first-order valence-electron chi connectivity index (χ1n) is 11.0. The van der Waals surface area contributed by atoms with Crippen molar-refractivity contribution in [2.24, 2.45) is 34.5 Å². The van der Waals surface area contributed by atoms with Crippen LogP contribution in [0.4, 0.5) is 0 Å². The van der Waals surface area contributed by atoms with Gasteiger partial charge in [-0.05, 0) is 86.9 Å². The molecule has 4 saturated carbocycles. The van der Waals surface area contributed by atoms with E-state index in [9.17, 15) is 23.4 Å². The second-order valence-corrected chi connectivity index (χ2v) is 11.6. The van der Waals surface area contributed by atoms with Crippen molar-refractivity contribution in [3.8, 4) is 0 Å². The van der Waals surface area contributed by atoms with E-state index < -0.39 is 39.9 Å². The lowest BCUT2D eigenvalue weighted by Crippen LogP contribution is -2.59. The number of fused-ring (bicyclic) bond motifs is 5. The molecule has 8 heteroatoms. The maximum atomic E-state index is 12.4. The van der Waals surface area contributed by atoms with Crippen LogP contribution in [0.1, 0.15) is 71.6 Å². The number of Topliss-reactive ketones (excluding diaryl/α,β-unsaturated/α-hetero) is 1. The van der Waals surface area contributed by atoms with Crippen LogP contribution < -0.4 is 0 Å². The van der Waals surface area contributed by atoms with Crippen molar-refractivity contribution in [3.63, 3.8) is 0 Å². The highest BCUT2D eigenvalue weighted by atomic mass is 32.3. The van der Waals surface area contributed by atoms with Crippen LogP contribution in [0.3, 0.4) is 0 Å². The zero-order chi connectivity index (χ0) is 21.2. The van der Waals surface area contributed by atoms with Crippen LogP contribution in [-0.4, -0.2) is 47.3 Å². The second kappa shape index (κ2) is 6.99. The van der Waals surface area contributed by atoms with Crippen LogP contribution in [0.5, 0.6) is 0 Å². The lowest BCUT2D eigenvalue weighted by atomic mass is 9.44. The molecule has 0 heterocycles. The maximum Gasteiger partial charge on any atom is 0.397 e. The number of aliphatic hydroxyl groups is 2. The Morgan fingerprint density at radius 1 is 1.03 bits per heavy atom. The summed E-state index contributed by atoms with van der Waals surface area (Å²) in [6.07, 6.45) is 6.61. The quantitative estimate of drug-likeness (QED) is 0.586. The van der Waals surface area contributed by atoms with E-state index in [2.05, 4.69) is 6.92 Å². The Kier molecular flexibility index (Phi) is 5.22. The van der Waals surface area contributed by atoms with Gasteiger partial charge in [-0.1, -0.05) is 13.8 Å². The van der Waals surface area contributed by atoms with Gasteiger partial charge in [0.05, 0.1) is 6.10 Å². The van der Waals surface area contributed by atoms with Crippen LogP contribution in [0.2, 0.25) is 0 Å². The van der Waals surface area contributed by atoms with Crippen molar-refractivity contribution in [1.29, 1.82) is 0 Å². The Morgan fingerprint density at radius 3 is 2.38 bits per heavy atom. The molecule has 0 bridgehead atoms. The third-order valence-corrected chi connectivity index (χ3v) is 10.1. The van der Waals surface area contributed by atoms with Gasteiger partial charge < -0.3 is 10.2 Å². The zero-order valence-corrected chi connectivity index (χ0v) is 18.2. The van der Waals surface area contributed by atoms with E-state index in [0.717, 1.165) is 38.5 Å². The van der Waals surface area contributed by atoms with Gasteiger partial charge in [0.1, 0.15) is 12.2 Å². The third kappa shape index (κ3) is 3.21. The first-order chi connectivity index (χ1) is 13.4. The summed E-state index contributed by atoms with van der Waals surface area (Å²) in [5, 5.41) is 20.7. The van der Waals surface area contributed by atoms with Gasteiger partial charge in [-0.3, -0.25) is 9.35 Å². The fraction of sp³-hybridized carbons (Fsp3) is 0.952. The molecule has 0 saturated heterocycles. The predicted molar refractivity (Wildman–Crippen MR) is 105 cm³/mol. The topological polar surface area (TPSA) is 121 Å². The number of rotatable bonds is 4. The van der Waals surface area contributed by atoms with Crippen molar-refractivity contribution < 1.29 is 32.2 Å². The van der Waals surface area contributed by atoms with Crippen molar-refractivity contribution in [2.45, 2.75) is 83.3 Å². The van der Waals surface area contributed by atoms with Crippen molar-refractivity contribution in [2.75, 3.05) is 6.61 Å². The molecule has 0 aromatic carbocycles. The average molecular weight is 431 g/mol. The second-order valence-electron chi connectivity index (χ2n) is 10.5. The Bertz CT molecular complexity index is 782. The highest BCUT2D eigenvalue weighted by Crippen LogP contribution is 2.68. The minimum absolute atomic E-state index is 0.0883. The van der Waals surface area contributed by atoms with E-state index in [1.54, 1.807) is 0 Å². The molecule has 7 nitrogen and oxygen atoms in total. The van der Waals surface area contributed by atoms with Gasteiger partial charge in [0.2, 0.25) is 0 Å². The van der Waals surface area contributed by atoms with E-state index in [1.807, 2.05) is 6.92 Å². The summed E-state index contributed by atoms with van der Waals surface area (Å²) >= 11 is 0. The molecule has 4 aliphatic carbocycles. The van der Waals surface area contributed by atoms with Crippen molar-refractivity contribution in [3.05, 3.63) is 0 Å². The molecule has 4 rings (SSSR count). The normalized spacial score (nSPS) is 49.8. The van der Waals surface area contributed by atoms with Crippen LogP contribution in [-0.2, 0) is 19.4 Å². The summed E-state index contributed by atoms with van der Waals surface area (Å²) < 4.78 is 36.2. The van der Waals surface area contributed by atoms with Crippen molar-refractivity contribution in [1.82, 2.24) is 0 Å². The Labute approximate surface area is 173 Å². The molecular formula is C21H34O7S. The van der Waals surface area contributed by atoms with Crippen LogP contribution in [0.15, 0.2) is 0 Å². The first-order valence-corrected chi connectivity index (χ1v) is 12.3. The smallest absolute Gasteiger partial charge is 0.388 e. The van der Waals surface area contributed by atoms with Crippen molar-refractivity contribution >= 4 is 16.2 Å². The van der Waals surface area contributed by atoms with E-state index in [1.165, 1.54) is 0 Å².